The maximum atomic E-state index is 8.98. The first-order valence-corrected chi connectivity index (χ1v) is 6.06. The van der Waals surface area contributed by atoms with E-state index in [0.29, 0.717) is 17.8 Å². The fourth-order valence-electron chi connectivity index (χ4n) is 2.71. The summed E-state index contributed by atoms with van der Waals surface area (Å²) >= 11 is 0. The molecule has 1 aliphatic carbocycles. The molecule has 1 heteroatoms. The van der Waals surface area contributed by atoms with Crippen molar-refractivity contribution >= 4 is 0 Å². The summed E-state index contributed by atoms with van der Waals surface area (Å²) in [5.74, 6) is 2.39. The van der Waals surface area contributed by atoms with Crippen LogP contribution < -0.4 is 0 Å². The minimum Gasteiger partial charge on any atom is -0.198 e. The summed E-state index contributed by atoms with van der Waals surface area (Å²) in [7, 11) is 0. The Hall–Kier alpha value is -0.510. The van der Waals surface area contributed by atoms with Gasteiger partial charge in [-0.2, -0.15) is 5.26 Å². The molecule has 0 radical (unpaired) electrons. The van der Waals surface area contributed by atoms with Crippen LogP contribution in [-0.4, -0.2) is 0 Å². The van der Waals surface area contributed by atoms with Gasteiger partial charge < -0.3 is 0 Å². The number of hydrogen-bond acceptors (Lipinski definition) is 1. The molecule has 0 bridgehead atoms. The Kier molecular flexibility index (Phi) is 6.62. The van der Waals surface area contributed by atoms with Crippen LogP contribution in [0.2, 0.25) is 0 Å². The van der Waals surface area contributed by atoms with E-state index in [1.54, 1.807) is 0 Å². The van der Waals surface area contributed by atoms with Crippen LogP contribution in [0, 0.1) is 35.0 Å². The minimum atomic E-state index is 0.328. The first-order chi connectivity index (χ1) is 6.66. The average Bonchev–Trinajstić information content (AvgIpc) is 2.19. The summed E-state index contributed by atoms with van der Waals surface area (Å²) in [6.45, 7) is 10.8. The van der Waals surface area contributed by atoms with Crippen LogP contribution in [0.25, 0.3) is 0 Å². The molecule has 1 fully saturated rings. The Bertz CT molecular complexity index is 178. The number of nitrogens with zero attached hydrogens (tertiary/aromatic N) is 1. The van der Waals surface area contributed by atoms with Crippen molar-refractivity contribution in [3.05, 3.63) is 0 Å². The van der Waals surface area contributed by atoms with E-state index >= 15 is 0 Å². The Balaban J connectivity index is 0.000000791. The Morgan fingerprint density at radius 3 is 2.14 bits per heavy atom. The molecule has 0 aliphatic heterocycles. The summed E-state index contributed by atoms with van der Waals surface area (Å²) in [6, 6.07) is 2.47. The van der Waals surface area contributed by atoms with Gasteiger partial charge in [0.25, 0.3) is 0 Å². The van der Waals surface area contributed by atoms with Crippen molar-refractivity contribution in [2.75, 3.05) is 0 Å². The normalized spacial score (nSPS) is 31.6. The first-order valence-electron chi connectivity index (χ1n) is 6.06. The highest BCUT2D eigenvalue weighted by atomic mass is 14.4. The molecule has 14 heavy (non-hydrogen) atoms. The van der Waals surface area contributed by atoms with Crippen LogP contribution >= 0.6 is 0 Å². The molecule has 0 heterocycles. The maximum absolute atomic E-state index is 8.98. The van der Waals surface area contributed by atoms with E-state index in [9.17, 15) is 0 Å². The molecule has 1 aliphatic rings. The topological polar surface area (TPSA) is 23.8 Å². The second-order valence-corrected chi connectivity index (χ2v) is 4.47. The fourth-order valence-corrected chi connectivity index (χ4v) is 2.71. The predicted octanol–water partition coefficient (Wildman–Crippen LogP) is 4.24. The van der Waals surface area contributed by atoms with E-state index in [4.69, 9.17) is 5.26 Å². The Morgan fingerprint density at radius 1 is 1.21 bits per heavy atom. The smallest absolute Gasteiger partial charge is 0.0658 e. The van der Waals surface area contributed by atoms with Gasteiger partial charge in [0.1, 0.15) is 0 Å². The van der Waals surface area contributed by atoms with Crippen molar-refractivity contribution in [1.82, 2.24) is 0 Å². The summed E-state index contributed by atoms with van der Waals surface area (Å²) in [5, 5.41) is 8.98. The lowest BCUT2D eigenvalue weighted by Gasteiger charge is -2.35. The molecule has 82 valence electrons. The second kappa shape index (κ2) is 6.87. The zero-order valence-corrected chi connectivity index (χ0v) is 10.4. The Labute approximate surface area is 89.5 Å². The molecule has 1 rings (SSSR count). The van der Waals surface area contributed by atoms with Gasteiger partial charge in [-0.3, -0.25) is 0 Å². The number of rotatable bonds is 1. The quantitative estimate of drug-likeness (QED) is 0.613. The first kappa shape index (κ1) is 13.5. The molecular formula is C13H25N. The van der Waals surface area contributed by atoms with Gasteiger partial charge in [0.05, 0.1) is 6.07 Å². The molecule has 0 N–H and O–H groups in total. The van der Waals surface area contributed by atoms with E-state index in [1.165, 1.54) is 12.8 Å². The van der Waals surface area contributed by atoms with Crippen molar-refractivity contribution in [3.63, 3.8) is 0 Å². The zero-order chi connectivity index (χ0) is 11.1. The molecule has 1 saturated carbocycles. The molecule has 3 atom stereocenters. The van der Waals surface area contributed by atoms with Gasteiger partial charge in [0.2, 0.25) is 0 Å². The van der Waals surface area contributed by atoms with Gasteiger partial charge in [0, 0.05) is 5.92 Å². The molecule has 0 aromatic carbocycles. The minimum absolute atomic E-state index is 0.328. The Morgan fingerprint density at radius 2 is 1.79 bits per heavy atom. The molecular weight excluding hydrogens is 170 g/mol. The average molecular weight is 195 g/mol. The molecule has 3 unspecified atom stereocenters. The molecule has 0 amide bonds. The van der Waals surface area contributed by atoms with Crippen molar-refractivity contribution < 1.29 is 0 Å². The fraction of sp³-hybridized carbons (Fsp3) is 0.923. The highest BCUT2D eigenvalue weighted by molar-refractivity contribution is 4.94. The summed E-state index contributed by atoms with van der Waals surface area (Å²) in [4.78, 5) is 0. The SMILES string of the molecule is CC.CC(C)C1C(C)CCCC1C#N. The van der Waals surface area contributed by atoms with Crippen molar-refractivity contribution in [1.29, 1.82) is 5.26 Å². The van der Waals surface area contributed by atoms with Gasteiger partial charge in [-0.05, 0) is 24.2 Å². The molecule has 0 aromatic rings. The standard InChI is InChI=1S/C11H19N.C2H6/c1-8(2)11-9(3)5-4-6-10(11)7-12;1-2/h8-11H,4-6H2,1-3H3;1-2H3. The van der Waals surface area contributed by atoms with Gasteiger partial charge in [-0.25, -0.2) is 0 Å². The molecule has 0 aromatic heterocycles. The molecule has 0 spiro atoms. The van der Waals surface area contributed by atoms with E-state index in [0.717, 1.165) is 12.3 Å². The van der Waals surface area contributed by atoms with Crippen molar-refractivity contribution in [2.45, 2.75) is 53.9 Å². The van der Waals surface area contributed by atoms with Crippen LogP contribution in [0.15, 0.2) is 0 Å². The summed E-state index contributed by atoms with van der Waals surface area (Å²) < 4.78 is 0. The highest BCUT2D eigenvalue weighted by Gasteiger charge is 2.32. The monoisotopic (exact) mass is 195 g/mol. The van der Waals surface area contributed by atoms with Gasteiger partial charge in [0.15, 0.2) is 0 Å². The molecule has 0 saturated heterocycles. The third-order valence-corrected chi connectivity index (χ3v) is 3.23. The predicted molar refractivity (Wildman–Crippen MR) is 61.8 cm³/mol. The third-order valence-electron chi connectivity index (χ3n) is 3.23. The van der Waals surface area contributed by atoms with Crippen LogP contribution in [0.5, 0.6) is 0 Å². The second-order valence-electron chi connectivity index (χ2n) is 4.47. The van der Waals surface area contributed by atoms with E-state index in [2.05, 4.69) is 26.8 Å². The van der Waals surface area contributed by atoms with Gasteiger partial charge in [-0.1, -0.05) is 47.5 Å². The van der Waals surface area contributed by atoms with E-state index in [-0.39, 0.29) is 0 Å². The number of hydrogen-bond donors (Lipinski definition) is 0. The van der Waals surface area contributed by atoms with Gasteiger partial charge >= 0.3 is 0 Å². The lowest BCUT2D eigenvalue weighted by atomic mass is 9.68. The van der Waals surface area contributed by atoms with Crippen LogP contribution in [0.3, 0.4) is 0 Å². The van der Waals surface area contributed by atoms with Crippen molar-refractivity contribution in [3.8, 4) is 6.07 Å². The molecule has 1 nitrogen and oxygen atoms in total. The summed E-state index contributed by atoms with van der Waals surface area (Å²) in [5.41, 5.74) is 0. The maximum Gasteiger partial charge on any atom is 0.0658 e. The van der Waals surface area contributed by atoms with Crippen LogP contribution in [0.1, 0.15) is 53.9 Å². The third kappa shape index (κ3) is 3.33. The van der Waals surface area contributed by atoms with Gasteiger partial charge in [-0.15, -0.1) is 0 Å². The zero-order valence-electron chi connectivity index (χ0n) is 10.4. The van der Waals surface area contributed by atoms with Crippen LogP contribution in [-0.2, 0) is 0 Å². The lowest BCUT2D eigenvalue weighted by molar-refractivity contribution is 0.151. The number of nitriles is 1. The highest BCUT2D eigenvalue weighted by Crippen LogP contribution is 2.38. The van der Waals surface area contributed by atoms with E-state index < -0.39 is 0 Å². The van der Waals surface area contributed by atoms with Crippen molar-refractivity contribution in [2.24, 2.45) is 23.7 Å². The van der Waals surface area contributed by atoms with E-state index in [1.807, 2.05) is 13.8 Å². The summed E-state index contributed by atoms with van der Waals surface area (Å²) in [6.07, 6.45) is 3.70. The van der Waals surface area contributed by atoms with Crippen LogP contribution in [0.4, 0.5) is 0 Å². The lowest BCUT2D eigenvalue weighted by Crippen LogP contribution is -2.29. The largest absolute Gasteiger partial charge is 0.198 e.